The van der Waals surface area contributed by atoms with Crippen LogP contribution < -0.4 is 11.5 Å². The number of benzene rings is 1. The predicted octanol–water partition coefficient (Wildman–Crippen LogP) is 0.765. The number of amides is 1. The summed E-state index contributed by atoms with van der Waals surface area (Å²) in [6, 6.07) is 7.37. The van der Waals surface area contributed by atoms with E-state index in [9.17, 15) is 4.79 Å². The number of carbonyl (C=O) groups excluding carboxylic acids is 1. The van der Waals surface area contributed by atoms with Crippen LogP contribution >= 0.6 is 11.8 Å². The highest BCUT2D eigenvalue weighted by molar-refractivity contribution is 7.98. The van der Waals surface area contributed by atoms with Crippen LogP contribution in [0.1, 0.15) is 16.2 Å². The molecule has 3 aromatic heterocycles. The fourth-order valence-corrected chi connectivity index (χ4v) is 3.00. The Kier molecular flexibility index (Phi) is 3.57. The lowest BCUT2D eigenvalue weighted by atomic mass is 10.3. The molecule has 0 aliphatic carbocycles. The Balaban J connectivity index is 1.68. The monoisotopic (exact) mass is 358 g/mol. The number of hydrogen-bond acceptors (Lipinski definition) is 10. The number of nitrogen functional groups attached to an aromatic ring is 1. The lowest BCUT2D eigenvalue weighted by Gasteiger charge is -2.02. The average Bonchev–Trinajstić information content (AvgIpc) is 3.29. The summed E-state index contributed by atoms with van der Waals surface area (Å²) in [7, 11) is 0. The molecule has 4 N–H and O–H groups in total. The Hall–Kier alpha value is -3.41. The minimum Gasteiger partial charge on any atom is -0.431 e. The van der Waals surface area contributed by atoms with Gasteiger partial charge in [0.1, 0.15) is 5.52 Å². The van der Waals surface area contributed by atoms with Gasteiger partial charge in [0.05, 0.1) is 5.69 Å². The van der Waals surface area contributed by atoms with E-state index in [1.165, 1.54) is 16.4 Å². The highest BCUT2D eigenvalue weighted by atomic mass is 32.2. The van der Waals surface area contributed by atoms with E-state index in [4.69, 9.17) is 15.9 Å². The summed E-state index contributed by atoms with van der Waals surface area (Å²) in [4.78, 5) is 16.0. The Morgan fingerprint density at radius 1 is 1.28 bits per heavy atom. The molecule has 0 saturated carbocycles. The van der Waals surface area contributed by atoms with Gasteiger partial charge in [-0.3, -0.25) is 4.79 Å². The summed E-state index contributed by atoms with van der Waals surface area (Å²) in [6.45, 7) is 0. The first-order chi connectivity index (χ1) is 12.1. The van der Waals surface area contributed by atoms with Gasteiger partial charge in [-0.1, -0.05) is 29.1 Å². The number of nitrogens with zero attached hydrogens (tertiary/aromatic N) is 6. The molecule has 0 saturated heterocycles. The molecule has 0 spiro atoms. The maximum absolute atomic E-state index is 11.6. The summed E-state index contributed by atoms with van der Waals surface area (Å²) in [5.74, 6) is -0.360. The van der Waals surface area contributed by atoms with Crippen molar-refractivity contribution in [2.75, 3.05) is 5.73 Å². The van der Waals surface area contributed by atoms with E-state index in [1.54, 1.807) is 0 Å². The van der Waals surface area contributed by atoms with Gasteiger partial charge in [-0.2, -0.15) is 4.68 Å². The molecule has 0 aliphatic heterocycles. The maximum atomic E-state index is 11.6. The van der Waals surface area contributed by atoms with Crippen LogP contribution in [0.4, 0.5) is 5.82 Å². The van der Waals surface area contributed by atoms with Crippen molar-refractivity contribution in [2.24, 2.45) is 5.73 Å². The van der Waals surface area contributed by atoms with Gasteiger partial charge in [-0.15, -0.1) is 5.10 Å². The Bertz CT molecular complexity index is 1040. The molecule has 0 atom stereocenters. The second-order valence-corrected chi connectivity index (χ2v) is 5.80. The van der Waals surface area contributed by atoms with Gasteiger partial charge in [-0.05, 0) is 22.4 Å². The van der Waals surface area contributed by atoms with Crippen LogP contribution in [0, 0.1) is 0 Å². The largest absolute Gasteiger partial charge is 0.431 e. The number of hydrogen-bond donors (Lipinski definition) is 2. The molecule has 25 heavy (non-hydrogen) atoms. The predicted molar refractivity (Wildman–Crippen MR) is 85.7 cm³/mol. The van der Waals surface area contributed by atoms with Crippen LogP contribution in [-0.4, -0.2) is 36.2 Å². The lowest BCUT2D eigenvalue weighted by Crippen LogP contribution is -2.15. The molecule has 1 aromatic carbocycles. The molecule has 3 heterocycles. The summed E-state index contributed by atoms with van der Waals surface area (Å²) in [5, 5.41) is 15.2. The van der Waals surface area contributed by atoms with E-state index in [1.807, 2.05) is 24.3 Å². The number of carbonyl (C=O) groups is 1. The highest BCUT2D eigenvalue weighted by Gasteiger charge is 2.23. The summed E-state index contributed by atoms with van der Waals surface area (Å²) in [5.41, 5.74) is 12.8. The summed E-state index contributed by atoms with van der Waals surface area (Å²) < 4.78 is 11.4. The van der Waals surface area contributed by atoms with E-state index in [-0.39, 0.29) is 23.1 Å². The first kappa shape index (κ1) is 15.1. The number of para-hydroxylation sites is 2. The molecule has 126 valence electrons. The number of oxazole rings is 1. The van der Waals surface area contributed by atoms with Gasteiger partial charge in [-0.25, -0.2) is 9.61 Å². The fourth-order valence-electron chi connectivity index (χ4n) is 2.17. The highest BCUT2D eigenvalue weighted by Crippen LogP contribution is 2.28. The van der Waals surface area contributed by atoms with Crippen LogP contribution in [-0.2, 0) is 5.75 Å². The fraction of sp³-hybridized carbons (Fsp3) is 0.0769. The molecule has 0 unspecified atom stereocenters. The maximum Gasteiger partial charge on any atom is 0.271 e. The second kappa shape index (κ2) is 5.90. The molecular formula is C13H10N8O3S. The van der Waals surface area contributed by atoms with Gasteiger partial charge in [0.2, 0.25) is 11.6 Å². The quantitative estimate of drug-likeness (QED) is 0.486. The van der Waals surface area contributed by atoms with Crippen LogP contribution in [0.2, 0.25) is 0 Å². The molecule has 0 aliphatic rings. The Morgan fingerprint density at radius 3 is 2.84 bits per heavy atom. The first-order valence-electron chi connectivity index (χ1n) is 6.94. The number of rotatable bonds is 5. The van der Waals surface area contributed by atoms with E-state index in [2.05, 4.69) is 30.2 Å². The number of primary amides is 1. The zero-order valence-electron chi connectivity index (χ0n) is 12.5. The van der Waals surface area contributed by atoms with Crippen LogP contribution in [0.3, 0.4) is 0 Å². The number of anilines is 1. The molecule has 0 radical (unpaired) electrons. The van der Waals surface area contributed by atoms with Crippen molar-refractivity contribution in [1.82, 2.24) is 30.3 Å². The molecule has 12 heteroatoms. The minimum absolute atomic E-state index is 0.00832. The minimum atomic E-state index is -0.727. The van der Waals surface area contributed by atoms with E-state index in [0.29, 0.717) is 16.5 Å². The van der Waals surface area contributed by atoms with Crippen LogP contribution in [0.25, 0.3) is 16.9 Å². The van der Waals surface area contributed by atoms with Crippen molar-refractivity contribution < 1.29 is 13.8 Å². The number of fused-ring (bicyclic) bond motifs is 1. The van der Waals surface area contributed by atoms with Crippen molar-refractivity contribution in [3.63, 3.8) is 0 Å². The summed E-state index contributed by atoms with van der Waals surface area (Å²) in [6.07, 6.45) is 0. The van der Waals surface area contributed by atoms with Crippen molar-refractivity contribution in [1.29, 1.82) is 0 Å². The third-order valence-electron chi connectivity index (χ3n) is 3.30. The summed E-state index contributed by atoms with van der Waals surface area (Å²) >= 11 is 1.25. The van der Waals surface area contributed by atoms with Crippen molar-refractivity contribution in [2.45, 2.75) is 11.0 Å². The molecule has 11 nitrogen and oxygen atoms in total. The SMILES string of the molecule is NC(=O)c1nnn(-c2nonc2N)c1CSc1nc2ccccc2o1. The number of aromatic nitrogens is 6. The molecule has 4 rings (SSSR count). The molecule has 0 fully saturated rings. The number of nitrogens with two attached hydrogens (primary N) is 2. The third-order valence-corrected chi connectivity index (χ3v) is 4.14. The normalized spacial score (nSPS) is 11.2. The molecule has 1 amide bonds. The second-order valence-electron chi connectivity index (χ2n) is 4.87. The van der Waals surface area contributed by atoms with Crippen LogP contribution in [0.5, 0.6) is 0 Å². The van der Waals surface area contributed by atoms with Crippen molar-refractivity contribution in [3.8, 4) is 5.82 Å². The van der Waals surface area contributed by atoms with Gasteiger partial charge in [0, 0.05) is 5.75 Å². The molecule has 4 aromatic rings. The number of thioether (sulfide) groups is 1. The zero-order chi connectivity index (χ0) is 17.4. The van der Waals surface area contributed by atoms with Gasteiger partial charge < -0.3 is 15.9 Å². The Labute approximate surface area is 143 Å². The zero-order valence-corrected chi connectivity index (χ0v) is 13.3. The first-order valence-corrected chi connectivity index (χ1v) is 7.93. The van der Waals surface area contributed by atoms with Crippen molar-refractivity contribution in [3.05, 3.63) is 35.7 Å². The van der Waals surface area contributed by atoms with Crippen molar-refractivity contribution >= 4 is 34.6 Å². The van der Waals surface area contributed by atoms with E-state index >= 15 is 0 Å². The van der Waals surface area contributed by atoms with E-state index < -0.39 is 5.91 Å². The van der Waals surface area contributed by atoms with Gasteiger partial charge in [0.15, 0.2) is 11.3 Å². The average molecular weight is 358 g/mol. The smallest absolute Gasteiger partial charge is 0.271 e. The van der Waals surface area contributed by atoms with E-state index in [0.717, 1.165) is 5.52 Å². The third kappa shape index (κ3) is 2.67. The lowest BCUT2D eigenvalue weighted by molar-refractivity contribution is 0.0995. The molecule has 0 bridgehead atoms. The molecular weight excluding hydrogens is 348 g/mol. The van der Waals surface area contributed by atoms with Gasteiger partial charge in [0.25, 0.3) is 11.1 Å². The standard InChI is InChI=1S/C13H10N8O3S/c14-10-12(19-24-18-10)21-7(9(11(15)22)17-20-21)5-25-13-16-6-3-1-2-4-8(6)23-13/h1-4H,5H2,(H2,14,18)(H2,15,22). The topological polar surface area (TPSA) is 165 Å². The van der Waals surface area contributed by atoms with Crippen LogP contribution in [0.15, 0.2) is 38.5 Å². The Morgan fingerprint density at radius 2 is 2.12 bits per heavy atom. The van der Waals surface area contributed by atoms with Gasteiger partial charge >= 0.3 is 0 Å².